The van der Waals surface area contributed by atoms with Gasteiger partial charge in [-0.05, 0) is 30.9 Å². The molecule has 0 heterocycles. The van der Waals surface area contributed by atoms with Gasteiger partial charge in [-0.3, -0.25) is 14.4 Å². The first-order chi connectivity index (χ1) is 20.2. The fourth-order valence-corrected chi connectivity index (χ4v) is 8.68. The molecular weight excluding hydrogens is 548 g/mol. The van der Waals surface area contributed by atoms with Gasteiger partial charge in [0.15, 0.2) is 11.4 Å². The molecule has 9 unspecified atom stereocenters. The van der Waals surface area contributed by atoms with E-state index in [-0.39, 0.29) is 31.3 Å². The van der Waals surface area contributed by atoms with E-state index in [1.165, 1.54) is 19.3 Å². The number of hydrogen-bond acceptors (Lipinski definition) is 8. The molecule has 4 aliphatic rings. The molecule has 4 rings (SSSR count). The Morgan fingerprint density at radius 1 is 1.05 bits per heavy atom. The number of carbonyl (C=O) groups is 3. The van der Waals surface area contributed by atoms with Gasteiger partial charge in [-0.1, -0.05) is 92.2 Å². The number of aliphatic hydroxyl groups is 3. The summed E-state index contributed by atoms with van der Waals surface area (Å²) in [7, 11) is 0. The zero-order chi connectivity index (χ0) is 32.0. The molecule has 2 saturated carbocycles. The van der Waals surface area contributed by atoms with E-state index in [0.29, 0.717) is 24.0 Å². The molecule has 0 aromatic heterocycles. The number of esters is 2. The third-order valence-electron chi connectivity index (χ3n) is 11.5. The molecule has 2 fully saturated rings. The smallest absolute Gasteiger partial charge is 0.309 e. The summed E-state index contributed by atoms with van der Waals surface area (Å²) in [6.45, 7) is 12.8. The van der Waals surface area contributed by atoms with E-state index >= 15 is 0 Å². The summed E-state index contributed by atoms with van der Waals surface area (Å²) < 4.78 is 12.7. The SMILES string of the molecule is CCCCCCCCCC(=O)OC1C(C)C2(O)C(C=C(CO)CC3(O)C(=O)C(C)=CC32)C2C(C)(C)C12OC(=O)C(C)CC. The monoisotopic (exact) mass is 602 g/mol. The molecule has 0 bridgehead atoms. The fraction of sp³-hybridized carbons (Fsp3) is 0.800. The number of ketones is 1. The van der Waals surface area contributed by atoms with Crippen molar-refractivity contribution in [2.24, 2.45) is 35.0 Å². The molecule has 242 valence electrons. The van der Waals surface area contributed by atoms with Crippen LogP contribution in [-0.2, 0) is 23.9 Å². The molecule has 0 amide bonds. The normalized spacial score (nSPS) is 38.1. The Morgan fingerprint density at radius 2 is 1.67 bits per heavy atom. The average molecular weight is 603 g/mol. The van der Waals surface area contributed by atoms with Gasteiger partial charge in [-0.15, -0.1) is 0 Å². The Kier molecular flexibility index (Phi) is 9.76. The Bertz CT molecular complexity index is 1150. The number of ether oxygens (including phenoxy) is 2. The first-order valence-corrected chi connectivity index (χ1v) is 16.6. The van der Waals surface area contributed by atoms with Gasteiger partial charge in [0, 0.05) is 41.9 Å². The quantitative estimate of drug-likeness (QED) is 0.149. The number of aliphatic hydroxyl groups excluding tert-OH is 1. The van der Waals surface area contributed by atoms with Gasteiger partial charge < -0.3 is 24.8 Å². The van der Waals surface area contributed by atoms with Crippen LogP contribution in [0.3, 0.4) is 0 Å². The van der Waals surface area contributed by atoms with Crippen molar-refractivity contribution in [1.29, 1.82) is 0 Å². The lowest BCUT2D eigenvalue weighted by Crippen LogP contribution is -2.66. The van der Waals surface area contributed by atoms with Crippen LogP contribution in [-0.4, -0.2) is 62.6 Å². The third-order valence-corrected chi connectivity index (χ3v) is 11.5. The summed E-state index contributed by atoms with van der Waals surface area (Å²) in [6.07, 6.45) is 10.5. The number of fused-ring (bicyclic) bond motifs is 5. The van der Waals surface area contributed by atoms with Crippen LogP contribution in [0.25, 0.3) is 0 Å². The molecular formula is C35H54O8. The highest BCUT2D eigenvalue weighted by molar-refractivity contribution is 6.04. The van der Waals surface area contributed by atoms with Crippen molar-refractivity contribution in [1.82, 2.24) is 0 Å². The average Bonchev–Trinajstić information content (AvgIpc) is 3.39. The number of rotatable bonds is 13. The molecule has 9 atom stereocenters. The zero-order valence-corrected chi connectivity index (χ0v) is 27.3. The number of unbranched alkanes of at least 4 members (excludes halogenated alkanes) is 6. The standard InChI is InChI=1S/C35H54O8/c1-8-10-11-12-13-14-15-16-27(37)42-30-23(5)34(41)25(28-32(6,7)35(28,30)43-31(39)21(3)9-2)18-24(20-36)19-33(40)26(34)17-22(4)29(33)38/h17-18,21,23,25-26,28,30,36,40-41H,8-16,19-20H2,1-7H3. The predicted molar refractivity (Wildman–Crippen MR) is 163 cm³/mol. The highest BCUT2D eigenvalue weighted by Crippen LogP contribution is 2.77. The molecule has 4 aliphatic carbocycles. The largest absolute Gasteiger partial charge is 0.458 e. The zero-order valence-electron chi connectivity index (χ0n) is 27.3. The van der Waals surface area contributed by atoms with Gasteiger partial charge in [0.2, 0.25) is 0 Å². The Labute approximate surface area is 257 Å². The van der Waals surface area contributed by atoms with Crippen LogP contribution < -0.4 is 0 Å². The first kappa shape index (κ1) is 33.9. The molecule has 8 nitrogen and oxygen atoms in total. The van der Waals surface area contributed by atoms with Crippen LogP contribution >= 0.6 is 0 Å². The molecule has 0 aliphatic heterocycles. The molecule has 0 radical (unpaired) electrons. The first-order valence-electron chi connectivity index (χ1n) is 16.6. The summed E-state index contributed by atoms with van der Waals surface area (Å²) in [5.41, 5.74) is -4.75. The molecule has 8 heteroatoms. The Balaban J connectivity index is 1.72. The second kappa shape index (κ2) is 12.4. The van der Waals surface area contributed by atoms with Crippen molar-refractivity contribution >= 4 is 17.7 Å². The van der Waals surface area contributed by atoms with Crippen LogP contribution in [0.15, 0.2) is 23.3 Å². The van der Waals surface area contributed by atoms with Crippen molar-refractivity contribution in [3.63, 3.8) is 0 Å². The minimum absolute atomic E-state index is 0.109. The summed E-state index contributed by atoms with van der Waals surface area (Å²) in [6, 6.07) is 0. The van der Waals surface area contributed by atoms with Crippen molar-refractivity contribution in [2.75, 3.05) is 6.61 Å². The minimum atomic E-state index is -1.94. The van der Waals surface area contributed by atoms with Crippen molar-refractivity contribution in [2.45, 2.75) is 136 Å². The van der Waals surface area contributed by atoms with Crippen LogP contribution in [0, 0.1) is 35.0 Å². The van der Waals surface area contributed by atoms with Gasteiger partial charge in [-0.25, -0.2) is 0 Å². The molecule has 0 aromatic carbocycles. The summed E-state index contributed by atoms with van der Waals surface area (Å²) in [5.74, 6) is -4.57. The Morgan fingerprint density at radius 3 is 2.28 bits per heavy atom. The van der Waals surface area contributed by atoms with Gasteiger partial charge >= 0.3 is 11.9 Å². The molecule has 3 N–H and O–H groups in total. The Hall–Kier alpha value is -2.03. The van der Waals surface area contributed by atoms with Gasteiger partial charge in [0.25, 0.3) is 0 Å². The maximum Gasteiger partial charge on any atom is 0.309 e. The lowest BCUT2D eigenvalue weighted by Gasteiger charge is -2.53. The lowest BCUT2D eigenvalue weighted by molar-refractivity contribution is -0.230. The van der Waals surface area contributed by atoms with Crippen LogP contribution in [0.1, 0.15) is 113 Å². The maximum absolute atomic E-state index is 13.4. The highest BCUT2D eigenvalue weighted by atomic mass is 16.6. The van der Waals surface area contributed by atoms with Gasteiger partial charge in [0.1, 0.15) is 11.7 Å². The summed E-state index contributed by atoms with van der Waals surface area (Å²) in [4.78, 5) is 40.1. The second-order valence-electron chi connectivity index (χ2n) is 14.4. The molecule has 0 saturated heterocycles. The van der Waals surface area contributed by atoms with E-state index in [9.17, 15) is 29.7 Å². The van der Waals surface area contributed by atoms with E-state index in [1.54, 1.807) is 32.9 Å². The number of carbonyl (C=O) groups excluding carboxylic acids is 3. The van der Waals surface area contributed by atoms with Crippen molar-refractivity contribution < 1.29 is 39.2 Å². The molecule has 0 spiro atoms. The van der Waals surface area contributed by atoms with Crippen LogP contribution in [0.5, 0.6) is 0 Å². The van der Waals surface area contributed by atoms with Crippen LogP contribution in [0.4, 0.5) is 0 Å². The topological polar surface area (TPSA) is 130 Å². The molecule has 43 heavy (non-hydrogen) atoms. The van der Waals surface area contributed by atoms with E-state index in [2.05, 4.69) is 6.92 Å². The lowest BCUT2D eigenvalue weighted by atomic mass is 9.59. The number of Topliss-reactive ketones (excluding diaryl/α,β-unsaturated/α-hetero) is 1. The van der Waals surface area contributed by atoms with E-state index in [0.717, 1.165) is 19.3 Å². The van der Waals surface area contributed by atoms with Gasteiger partial charge in [0.05, 0.1) is 18.1 Å². The summed E-state index contributed by atoms with van der Waals surface area (Å²) in [5, 5.41) is 35.0. The maximum atomic E-state index is 13.4. The fourth-order valence-electron chi connectivity index (χ4n) is 8.68. The van der Waals surface area contributed by atoms with Crippen molar-refractivity contribution in [3.05, 3.63) is 23.3 Å². The highest BCUT2D eigenvalue weighted by Gasteiger charge is 2.88. The van der Waals surface area contributed by atoms with Crippen molar-refractivity contribution in [3.8, 4) is 0 Å². The van der Waals surface area contributed by atoms with E-state index < -0.39 is 63.7 Å². The number of hydrogen-bond donors (Lipinski definition) is 3. The van der Waals surface area contributed by atoms with Crippen LogP contribution in [0.2, 0.25) is 0 Å². The predicted octanol–water partition coefficient (Wildman–Crippen LogP) is 5.22. The molecule has 0 aromatic rings. The van der Waals surface area contributed by atoms with Gasteiger partial charge in [-0.2, -0.15) is 0 Å². The summed E-state index contributed by atoms with van der Waals surface area (Å²) >= 11 is 0. The minimum Gasteiger partial charge on any atom is -0.458 e. The van der Waals surface area contributed by atoms with E-state index in [1.807, 2.05) is 20.8 Å². The third kappa shape index (κ3) is 5.33. The second-order valence-corrected chi connectivity index (χ2v) is 14.4. The van der Waals surface area contributed by atoms with E-state index in [4.69, 9.17) is 9.47 Å².